The van der Waals surface area contributed by atoms with Crippen LogP contribution in [0.5, 0.6) is 5.75 Å². The molecule has 0 amide bonds. The van der Waals surface area contributed by atoms with E-state index in [0.29, 0.717) is 6.61 Å². The van der Waals surface area contributed by atoms with Gasteiger partial charge in [-0.2, -0.15) is 0 Å². The summed E-state index contributed by atoms with van der Waals surface area (Å²) in [6, 6.07) is 8.16. The van der Waals surface area contributed by atoms with Crippen molar-refractivity contribution in [2.24, 2.45) is 0 Å². The van der Waals surface area contributed by atoms with Crippen LogP contribution >= 0.6 is 11.8 Å². The number of hydrogen-bond acceptors (Lipinski definition) is 4. The van der Waals surface area contributed by atoms with Crippen LogP contribution in [0.1, 0.15) is 13.3 Å². The van der Waals surface area contributed by atoms with Crippen molar-refractivity contribution in [1.82, 2.24) is 5.32 Å². The van der Waals surface area contributed by atoms with Crippen molar-refractivity contribution in [3.05, 3.63) is 24.3 Å². The van der Waals surface area contributed by atoms with Crippen LogP contribution in [-0.4, -0.2) is 39.2 Å². The molecule has 0 saturated heterocycles. The molecule has 4 heteroatoms. The van der Waals surface area contributed by atoms with Crippen LogP contribution in [0.2, 0.25) is 0 Å². The zero-order valence-electron chi connectivity index (χ0n) is 11.4. The molecule has 1 atom stereocenters. The lowest BCUT2D eigenvalue weighted by atomic mass is 10.3. The second-order valence-corrected chi connectivity index (χ2v) is 4.95. The van der Waals surface area contributed by atoms with Gasteiger partial charge in [-0.1, -0.05) is 6.92 Å². The summed E-state index contributed by atoms with van der Waals surface area (Å²) in [5.41, 5.74) is 0. The fraction of sp³-hybridized carbons (Fsp3) is 0.571. The molecule has 0 aromatic heterocycles. The monoisotopic (exact) mass is 269 g/mol. The lowest BCUT2D eigenvalue weighted by Crippen LogP contribution is -2.35. The number of methoxy groups -OCH3 is 1. The van der Waals surface area contributed by atoms with Crippen molar-refractivity contribution < 1.29 is 9.47 Å². The Hall–Kier alpha value is -0.710. The lowest BCUT2D eigenvalue weighted by molar-refractivity contribution is 0.0807. The van der Waals surface area contributed by atoms with Gasteiger partial charge in [0.25, 0.3) is 0 Å². The maximum atomic E-state index is 5.90. The lowest BCUT2D eigenvalue weighted by Gasteiger charge is -2.19. The van der Waals surface area contributed by atoms with Crippen LogP contribution in [0.25, 0.3) is 0 Å². The number of hydrogen-bond donors (Lipinski definition) is 1. The normalized spacial score (nSPS) is 12.4. The first-order chi connectivity index (χ1) is 8.80. The van der Waals surface area contributed by atoms with Crippen molar-refractivity contribution in [3.63, 3.8) is 0 Å². The average Bonchev–Trinajstić information content (AvgIpc) is 2.40. The first kappa shape index (κ1) is 15.3. The predicted molar refractivity (Wildman–Crippen MR) is 77.7 cm³/mol. The highest BCUT2D eigenvalue weighted by molar-refractivity contribution is 7.98. The van der Waals surface area contributed by atoms with Gasteiger partial charge in [-0.3, -0.25) is 0 Å². The van der Waals surface area contributed by atoms with E-state index in [0.717, 1.165) is 25.3 Å². The number of nitrogens with one attached hydrogen (secondary N) is 1. The molecule has 0 heterocycles. The predicted octanol–water partition coefficient (Wildman–Crippen LogP) is 2.80. The molecule has 1 aromatic rings. The minimum absolute atomic E-state index is 0.0571. The molecule has 0 fully saturated rings. The summed E-state index contributed by atoms with van der Waals surface area (Å²) in [4.78, 5) is 1.25. The molecule has 1 rings (SSSR count). The van der Waals surface area contributed by atoms with Gasteiger partial charge >= 0.3 is 0 Å². The van der Waals surface area contributed by atoms with Crippen LogP contribution in [0.3, 0.4) is 0 Å². The van der Waals surface area contributed by atoms with Crippen molar-refractivity contribution >= 4 is 11.8 Å². The average molecular weight is 269 g/mol. The zero-order chi connectivity index (χ0) is 13.2. The standard InChI is InChI=1S/C14H23NO2S/c1-4-9-15-10-13(11-16-2)17-12-5-7-14(18-3)8-6-12/h5-8,13,15H,4,9-11H2,1-3H3. The number of thioether (sulfide) groups is 1. The van der Waals surface area contributed by atoms with Crippen molar-refractivity contribution in [3.8, 4) is 5.75 Å². The maximum absolute atomic E-state index is 5.90. The Morgan fingerprint density at radius 1 is 1.28 bits per heavy atom. The molecule has 1 N–H and O–H groups in total. The van der Waals surface area contributed by atoms with Crippen molar-refractivity contribution in [2.75, 3.05) is 33.1 Å². The molecule has 0 spiro atoms. The third-order valence-corrected chi connectivity index (χ3v) is 3.26. The van der Waals surface area contributed by atoms with Crippen molar-refractivity contribution in [1.29, 1.82) is 0 Å². The van der Waals surface area contributed by atoms with E-state index >= 15 is 0 Å². The van der Waals surface area contributed by atoms with E-state index in [1.165, 1.54) is 4.90 Å². The fourth-order valence-corrected chi connectivity index (χ4v) is 2.02. The molecule has 102 valence electrons. The summed E-state index contributed by atoms with van der Waals surface area (Å²) in [5.74, 6) is 0.896. The minimum atomic E-state index is 0.0571. The zero-order valence-corrected chi connectivity index (χ0v) is 12.3. The quantitative estimate of drug-likeness (QED) is 0.551. The summed E-state index contributed by atoms with van der Waals surface area (Å²) in [5, 5.41) is 3.35. The second-order valence-electron chi connectivity index (χ2n) is 4.07. The molecule has 0 aliphatic heterocycles. The summed E-state index contributed by atoms with van der Waals surface area (Å²) in [7, 11) is 1.70. The smallest absolute Gasteiger partial charge is 0.134 e. The van der Waals surface area contributed by atoms with Gasteiger partial charge in [0.15, 0.2) is 0 Å². The van der Waals surface area contributed by atoms with E-state index in [1.54, 1.807) is 18.9 Å². The Bertz CT molecular complexity index is 316. The summed E-state index contributed by atoms with van der Waals surface area (Å²) >= 11 is 1.73. The third-order valence-electron chi connectivity index (χ3n) is 2.51. The Kier molecular flexibility index (Phi) is 7.89. The van der Waals surface area contributed by atoms with Crippen LogP contribution in [0.15, 0.2) is 29.2 Å². The molecular weight excluding hydrogens is 246 g/mol. The molecule has 18 heavy (non-hydrogen) atoms. The molecule has 0 saturated carbocycles. The van der Waals surface area contributed by atoms with Gasteiger partial charge in [-0.25, -0.2) is 0 Å². The highest BCUT2D eigenvalue weighted by atomic mass is 32.2. The molecule has 1 aromatic carbocycles. The molecule has 0 aliphatic rings. The van der Waals surface area contributed by atoms with E-state index in [1.807, 2.05) is 12.1 Å². The van der Waals surface area contributed by atoms with E-state index in [9.17, 15) is 0 Å². The van der Waals surface area contributed by atoms with E-state index in [-0.39, 0.29) is 6.10 Å². The molecular formula is C14H23NO2S. The van der Waals surface area contributed by atoms with Crippen LogP contribution in [0.4, 0.5) is 0 Å². The first-order valence-corrected chi connectivity index (χ1v) is 7.53. The van der Waals surface area contributed by atoms with Gasteiger partial charge in [0, 0.05) is 18.6 Å². The molecule has 0 radical (unpaired) electrons. The molecule has 0 aliphatic carbocycles. The van der Waals surface area contributed by atoms with Crippen LogP contribution in [-0.2, 0) is 4.74 Å². The molecule has 0 bridgehead atoms. The van der Waals surface area contributed by atoms with Gasteiger partial charge in [-0.15, -0.1) is 11.8 Å². The molecule has 3 nitrogen and oxygen atoms in total. The third kappa shape index (κ3) is 5.76. The Morgan fingerprint density at radius 2 is 2.00 bits per heavy atom. The molecule has 1 unspecified atom stereocenters. The van der Waals surface area contributed by atoms with Crippen LogP contribution in [0, 0.1) is 0 Å². The second kappa shape index (κ2) is 9.25. The van der Waals surface area contributed by atoms with Gasteiger partial charge in [0.1, 0.15) is 11.9 Å². The maximum Gasteiger partial charge on any atom is 0.134 e. The number of ether oxygens (including phenoxy) is 2. The number of rotatable bonds is 9. The Labute approximate surface area is 114 Å². The van der Waals surface area contributed by atoms with Crippen LogP contribution < -0.4 is 10.1 Å². The van der Waals surface area contributed by atoms with E-state index in [2.05, 4.69) is 30.6 Å². The highest BCUT2D eigenvalue weighted by Crippen LogP contribution is 2.19. The largest absolute Gasteiger partial charge is 0.487 e. The van der Waals surface area contributed by atoms with E-state index < -0.39 is 0 Å². The summed E-state index contributed by atoms with van der Waals surface area (Å²) < 4.78 is 11.1. The first-order valence-electron chi connectivity index (χ1n) is 6.30. The summed E-state index contributed by atoms with van der Waals surface area (Å²) in [6.07, 6.45) is 3.25. The minimum Gasteiger partial charge on any atom is -0.487 e. The van der Waals surface area contributed by atoms with Crippen molar-refractivity contribution in [2.45, 2.75) is 24.3 Å². The number of benzene rings is 1. The Balaban J connectivity index is 2.47. The van der Waals surface area contributed by atoms with Gasteiger partial charge in [0.05, 0.1) is 6.61 Å². The summed E-state index contributed by atoms with van der Waals surface area (Å²) in [6.45, 7) is 4.57. The highest BCUT2D eigenvalue weighted by Gasteiger charge is 2.09. The van der Waals surface area contributed by atoms with Gasteiger partial charge in [0.2, 0.25) is 0 Å². The SMILES string of the molecule is CCCNCC(COC)Oc1ccc(SC)cc1. The van der Waals surface area contributed by atoms with Gasteiger partial charge in [-0.05, 0) is 43.5 Å². The topological polar surface area (TPSA) is 30.5 Å². The van der Waals surface area contributed by atoms with Gasteiger partial charge < -0.3 is 14.8 Å². The van der Waals surface area contributed by atoms with E-state index in [4.69, 9.17) is 9.47 Å². The Morgan fingerprint density at radius 3 is 2.56 bits per heavy atom. The fourth-order valence-electron chi connectivity index (χ4n) is 1.61.